The van der Waals surface area contributed by atoms with E-state index in [1.165, 1.54) is 24.1 Å². The van der Waals surface area contributed by atoms with Crippen LogP contribution in [-0.2, 0) is 11.0 Å². The van der Waals surface area contributed by atoms with Crippen molar-refractivity contribution >= 4 is 11.6 Å². The molecule has 1 atom stereocenters. The quantitative estimate of drug-likeness (QED) is 0.926. The molecular formula is C13H15F3N2O2. The first-order chi connectivity index (χ1) is 9.36. The normalized spacial score (nSPS) is 19.6. The molecule has 1 heterocycles. The van der Waals surface area contributed by atoms with E-state index in [4.69, 9.17) is 10.5 Å². The predicted molar refractivity (Wildman–Crippen MR) is 67.5 cm³/mol. The number of carbonyl (C=O) groups excluding carboxylic acids is 1. The molecule has 1 aromatic rings. The maximum atomic E-state index is 12.8. The highest BCUT2D eigenvalue weighted by molar-refractivity contribution is 5.96. The number of halogens is 3. The molecule has 1 aliphatic heterocycles. The molecule has 110 valence electrons. The van der Waals surface area contributed by atoms with Gasteiger partial charge in [0.1, 0.15) is 5.75 Å². The minimum absolute atomic E-state index is 0.0378. The van der Waals surface area contributed by atoms with Crippen LogP contribution in [0.2, 0.25) is 0 Å². The lowest BCUT2D eigenvalue weighted by atomic mass is 10.1. The summed E-state index contributed by atoms with van der Waals surface area (Å²) in [4.78, 5) is 13.3. The Morgan fingerprint density at radius 1 is 1.45 bits per heavy atom. The van der Waals surface area contributed by atoms with E-state index in [0.717, 1.165) is 6.07 Å². The van der Waals surface area contributed by atoms with Crippen molar-refractivity contribution in [3.8, 4) is 5.75 Å². The van der Waals surface area contributed by atoms with Gasteiger partial charge in [-0.15, -0.1) is 0 Å². The summed E-state index contributed by atoms with van der Waals surface area (Å²) in [6, 6.07) is 3.44. The second-order valence-corrected chi connectivity index (χ2v) is 4.69. The van der Waals surface area contributed by atoms with Crippen LogP contribution in [0.15, 0.2) is 18.2 Å². The number of rotatable bonds is 3. The third-order valence-electron chi connectivity index (χ3n) is 3.34. The van der Waals surface area contributed by atoms with Crippen LogP contribution in [0.5, 0.6) is 5.75 Å². The van der Waals surface area contributed by atoms with Gasteiger partial charge in [-0.2, -0.15) is 13.2 Å². The highest BCUT2D eigenvalue weighted by Crippen LogP contribution is 2.39. The van der Waals surface area contributed by atoms with Crippen LogP contribution < -0.4 is 15.4 Å². The van der Waals surface area contributed by atoms with Crippen LogP contribution in [0.25, 0.3) is 0 Å². The smallest absolute Gasteiger partial charge is 0.419 e. The summed E-state index contributed by atoms with van der Waals surface area (Å²) in [6.07, 6.45) is -4.17. The molecule has 4 nitrogen and oxygen atoms in total. The molecule has 1 aromatic carbocycles. The molecule has 1 fully saturated rings. The van der Waals surface area contributed by atoms with E-state index in [1.54, 1.807) is 0 Å². The highest BCUT2D eigenvalue weighted by atomic mass is 19.4. The van der Waals surface area contributed by atoms with Crippen molar-refractivity contribution in [3.05, 3.63) is 23.8 Å². The van der Waals surface area contributed by atoms with E-state index < -0.39 is 11.7 Å². The van der Waals surface area contributed by atoms with E-state index in [1.807, 2.05) is 0 Å². The molecule has 2 rings (SSSR count). The summed E-state index contributed by atoms with van der Waals surface area (Å²) >= 11 is 0. The fourth-order valence-electron chi connectivity index (χ4n) is 2.27. The molecule has 0 aromatic heterocycles. The number of ether oxygens (including phenoxy) is 1. The molecule has 0 spiro atoms. The Morgan fingerprint density at radius 3 is 2.65 bits per heavy atom. The number of alkyl halides is 3. The van der Waals surface area contributed by atoms with Gasteiger partial charge in [0.25, 0.3) is 0 Å². The Morgan fingerprint density at radius 2 is 2.15 bits per heavy atom. The molecule has 1 amide bonds. The molecule has 7 heteroatoms. The first-order valence-corrected chi connectivity index (χ1v) is 6.12. The van der Waals surface area contributed by atoms with Crippen molar-refractivity contribution in [1.82, 2.24) is 0 Å². The van der Waals surface area contributed by atoms with E-state index in [2.05, 4.69) is 0 Å². The van der Waals surface area contributed by atoms with Crippen molar-refractivity contribution in [3.63, 3.8) is 0 Å². The summed E-state index contributed by atoms with van der Waals surface area (Å²) in [5.41, 5.74) is 5.06. The largest absolute Gasteiger partial charge is 0.496 e. The zero-order valence-corrected chi connectivity index (χ0v) is 10.9. The van der Waals surface area contributed by atoms with Gasteiger partial charge in [0.2, 0.25) is 5.91 Å². The summed E-state index contributed by atoms with van der Waals surface area (Å²) in [5.74, 6) is -0.392. The molecule has 1 unspecified atom stereocenters. The van der Waals surface area contributed by atoms with Gasteiger partial charge in [0.05, 0.1) is 12.7 Å². The lowest BCUT2D eigenvalue weighted by molar-refractivity contribution is -0.138. The molecule has 20 heavy (non-hydrogen) atoms. The summed E-state index contributed by atoms with van der Waals surface area (Å²) in [7, 11) is 1.17. The zero-order valence-electron chi connectivity index (χ0n) is 10.9. The van der Waals surface area contributed by atoms with Crippen molar-refractivity contribution in [2.24, 2.45) is 11.7 Å². The molecule has 2 N–H and O–H groups in total. The van der Waals surface area contributed by atoms with E-state index in [-0.39, 0.29) is 17.6 Å². The Bertz CT molecular complexity index is 517. The van der Waals surface area contributed by atoms with Gasteiger partial charge in [-0.1, -0.05) is 0 Å². The Hall–Kier alpha value is -1.76. The summed E-state index contributed by atoms with van der Waals surface area (Å²) in [6.45, 7) is 0.795. The van der Waals surface area contributed by atoms with Crippen LogP contribution in [0.1, 0.15) is 12.0 Å². The Kier molecular flexibility index (Phi) is 3.89. The minimum Gasteiger partial charge on any atom is -0.496 e. The van der Waals surface area contributed by atoms with E-state index in [9.17, 15) is 18.0 Å². The number of nitrogens with two attached hydrogens (primary N) is 1. The maximum absolute atomic E-state index is 12.8. The van der Waals surface area contributed by atoms with Crippen molar-refractivity contribution in [2.75, 3.05) is 25.1 Å². The van der Waals surface area contributed by atoms with Crippen molar-refractivity contribution < 1.29 is 22.7 Å². The number of carbonyl (C=O) groups is 1. The van der Waals surface area contributed by atoms with Crippen LogP contribution in [0, 0.1) is 5.92 Å². The summed E-state index contributed by atoms with van der Waals surface area (Å²) < 4.78 is 43.1. The fourth-order valence-corrected chi connectivity index (χ4v) is 2.27. The molecule has 1 saturated heterocycles. The van der Waals surface area contributed by atoms with Gasteiger partial charge in [0, 0.05) is 24.7 Å². The molecular weight excluding hydrogens is 273 g/mol. The number of hydrogen-bond donors (Lipinski definition) is 1. The molecule has 0 bridgehead atoms. The monoisotopic (exact) mass is 288 g/mol. The third kappa shape index (κ3) is 2.72. The van der Waals surface area contributed by atoms with Crippen LogP contribution in [0.4, 0.5) is 18.9 Å². The highest BCUT2D eigenvalue weighted by Gasteiger charge is 2.36. The van der Waals surface area contributed by atoms with Gasteiger partial charge in [-0.25, -0.2) is 0 Å². The van der Waals surface area contributed by atoms with Gasteiger partial charge >= 0.3 is 6.18 Å². The standard InChI is InChI=1S/C13H15F3N2O2/c1-20-11-5-9(2-3-10(11)13(14,15)16)18-7-8(6-17)4-12(18)19/h2-3,5,8H,4,6-7,17H2,1H3. The second kappa shape index (κ2) is 5.32. The topological polar surface area (TPSA) is 55.6 Å². The van der Waals surface area contributed by atoms with Crippen LogP contribution in [-0.4, -0.2) is 26.1 Å². The lowest BCUT2D eigenvalue weighted by Crippen LogP contribution is -2.25. The summed E-state index contributed by atoms with van der Waals surface area (Å²) in [5, 5.41) is 0. The second-order valence-electron chi connectivity index (χ2n) is 4.69. The number of methoxy groups -OCH3 is 1. The number of amides is 1. The van der Waals surface area contributed by atoms with Gasteiger partial charge in [0.15, 0.2) is 0 Å². The first kappa shape index (κ1) is 14.6. The SMILES string of the molecule is COc1cc(N2CC(CN)CC2=O)ccc1C(F)(F)F. The molecule has 0 aliphatic carbocycles. The number of hydrogen-bond acceptors (Lipinski definition) is 3. The Balaban J connectivity index is 2.33. The average Bonchev–Trinajstić information content (AvgIpc) is 2.78. The molecule has 0 saturated carbocycles. The Labute approximate surface area is 114 Å². The van der Waals surface area contributed by atoms with Crippen molar-refractivity contribution in [2.45, 2.75) is 12.6 Å². The third-order valence-corrected chi connectivity index (χ3v) is 3.34. The minimum atomic E-state index is -4.49. The maximum Gasteiger partial charge on any atom is 0.419 e. The van der Waals surface area contributed by atoms with E-state index in [0.29, 0.717) is 25.2 Å². The van der Waals surface area contributed by atoms with Gasteiger partial charge in [-0.05, 0) is 24.6 Å². The molecule has 0 radical (unpaired) electrons. The van der Waals surface area contributed by atoms with Crippen molar-refractivity contribution in [1.29, 1.82) is 0 Å². The predicted octanol–water partition coefficient (Wildman–Crippen LogP) is 2.03. The number of anilines is 1. The van der Waals surface area contributed by atoms with Gasteiger partial charge in [-0.3, -0.25) is 4.79 Å². The zero-order chi connectivity index (χ0) is 14.9. The fraction of sp³-hybridized carbons (Fsp3) is 0.462. The van der Waals surface area contributed by atoms with Crippen LogP contribution in [0.3, 0.4) is 0 Å². The first-order valence-electron chi connectivity index (χ1n) is 6.12. The number of benzene rings is 1. The molecule has 1 aliphatic rings. The average molecular weight is 288 g/mol. The van der Waals surface area contributed by atoms with E-state index >= 15 is 0 Å². The number of nitrogens with zero attached hydrogens (tertiary/aromatic N) is 1. The van der Waals surface area contributed by atoms with Gasteiger partial charge < -0.3 is 15.4 Å². The lowest BCUT2D eigenvalue weighted by Gasteiger charge is -2.19. The van der Waals surface area contributed by atoms with Crippen LogP contribution >= 0.6 is 0 Å².